The second-order valence-corrected chi connectivity index (χ2v) is 6.25. The molecule has 0 radical (unpaired) electrons. The molecule has 0 aliphatic carbocycles. The predicted molar refractivity (Wildman–Crippen MR) is 90.1 cm³/mol. The van der Waals surface area contributed by atoms with E-state index in [0.29, 0.717) is 11.8 Å². The fourth-order valence-electron chi connectivity index (χ4n) is 3.00. The zero-order valence-electron chi connectivity index (χ0n) is 14.1. The Labute approximate surface area is 139 Å². The number of piperidine rings is 1. The Morgan fingerprint density at radius 3 is 2.62 bits per heavy atom. The van der Waals surface area contributed by atoms with Crippen molar-refractivity contribution < 1.29 is 4.39 Å². The lowest BCUT2D eigenvalue weighted by Crippen LogP contribution is -2.35. The summed E-state index contributed by atoms with van der Waals surface area (Å²) in [7, 11) is 3.50. The highest BCUT2D eigenvalue weighted by molar-refractivity contribution is 5.44. The molecule has 0 amide bonds. The van der Waals surface area contributed by atoms with Crippen LogP contribution in [-0.4, -0.2) is 47.1 Å². The molecule has 1 aliphatic heterocycles. The van der Waals surface area contributed by atoms with E-state index in [1.165, 1.54) is 6.20 Å². The quantitative estimate of drug-likeness (QED) is 0.917. The molecule has 24 heavy (non-hydrogen) atoms. The van der Waals surface area contributed by atoms with E-state index >= 15 is 0 Å². The maximum absolute atomic E-state index is 13.7. The second kappa shape index (κ2) is 6.54. The third-order valence-corrected chi connectivity index (χ3v) is 4.21. The molecule has 2 aromatic rings. The largest absolute Gasteiger partial charge is 0.360 e. The van der Waals surface area contributed by atoms with E-state index in [1.807, 2.05) is 4.90 Å². The fraction of sp³-hybridized carbons (Fsp3) is 0.500. The van der Waals surface area contributed by atoms with E-state index in [9.17, 15) is 9.18 Å². The van der Waals surface area contributed by atoms with Gasteiger partial charge in [0.05, 0.1) is 11.9 Å². The first-order valence-corrected chi connectivity index (χ1v) is 7.96. The number of nitrogens with one attached hydrogen (secondary N) is 1. The first kappa shape index (κ1) is 16.4. The summed E-state index contributed by atoms with van der Waals surface area (Å²) in [6.45, 7) is 3.28. The third kappa shape index (κ3) is 3.37. The summed E-state index contributed by atoms with van der Waals surface area (Å²) in [4.78, 5) is 30.8. The van der Waals surface area contributed by atoms with Crippen molar-refractivity contribution in [2.24, 2.45) is 0 Å². The summed E-state index contributed by atoms with van der Waals surface area (Å²) in [6.07, 6.45) is 2.92. The van der Waals surface area contributed by atoms with Gasteiger partial charge in [-0.2, -0.15) is 4.98 Å². The standard InChI is InChI=1S/C16H21FN6O/c1-10-19-13(8-14(24)20-10)11-4-6-23(7-5-11)16-18-9-12(17)15(21-16)22(2)3/h8-9,11H,4-7H2,1-3H3,(H,19,20,24). The molecule has 0 unspecified atom stereocenters. The Morgan fingerprint density at radius 2 is 2.00 bits per heavy atom. The van der Waals surface area contributed by atoms with Gasteiger partial charge in [-0.15, -0.1) is 0 Å². The van der Waals surface area contributed by atoms with Gasteiger partial charge in [0.1, 0.15) is 5.82 Å². The zero-order valence-corrected chi connectivity index (χ0v) is 14.1. The van der Waals surface area contributed by atoms with Crippen LogP contribution in [0.15, 0.2) is 17.1 Å². The summed E-state index contributed by atoms with van der Waals surface area (Å²) >= 11 is 0. The molecular formula is C16H21FN6O. The summed E-state index contributed by atoms with van der Waals surface area (Å²) in [6, 6.07) is 1.58. The lowest BCUT2D eigenvalue weighted by atomic mass is 9.93. The Balaban J connectivity index is 1.73. The van der Waals surface area contributed by atoms with E-state index in [0.717, 1.165) is 31.6 Å². The van der Waals surface area contributed by atoms with E-state index in [1.54, 1.807) is 32.0 Å². The van der Waals surface area contributed by atoms with Crippen LogP contribution in [-0.2, 0) is 0 Å². The molecule has 0 atom stereocenters. The van der Waals surface area contributed by atoms with Crippen LogP contribution < -0.4 is 15.4 Å². The van der Waals surface area contributed by atoms with Gasteiger partial charge in [0, 0.05) is 39.2 Å². The van der Waals surface area contributed by atoms with Crippen LogP contribution in [0, 0.1) is 12.7 Å². The minimum Gasteiger partial charge on any atom is -0.360 e. The molecule has 0 aromatic carbocycles. The molecule has 0 bridgehead atoms. The molecule has 7 nitrogen and oxygen atoms in total. The van der Waals surface area contributed by atoms with Crippen LogP contribution >= 0.6 is 0 Å². The van der Waals surface area contributed by atoms with Gasteiger partial charge in [0.25, 0.3) is 5.56 Å². The van der Waals surface area contributed by atoms with Gasteiger partial charge in [-0.05, 0) is 19.8 Å². The normalized spacial score (nSPS) is 15.6. The topological polar surface area (TPSA) is 78.0 Å². The second-order valence-electron chi connectivity index (χ2n) is 6.25. The van der Waals surface area contributed by atoms with Gasteiger partial charge < -0.3 is 14.8 Å². The number of halogens is 1. The lowest BCUT2D eigenvalue weighted by molar-refractivity contribution is 0.487. The lowest BCUT2D eigenvalue weighted by Gasteiger charge is -2.32. The SMILES string of the molecule is Cc1nc(C2CCN(c3ncc(F)c(N(C)C)n3)CC2)cc(=O)[nH]1. The number of nitrogens with zero attached hydrogens (tertiary/aromatic N) is 5. The van der Waals surface area contributed by atoms with E-state index < -0.39 is 5.82 Å². The van der Waals surface area contributed by atoms with Crippen molar-refractivity contribution >= 4 is 11.8 Å². The Hall–Kier alpha value is -2.51. The minimum atomic E-state index is -0.429. The molecule has 1 saturated heterocycles. The van der Waals surface area contributed by atoms with Crippen LogP contribution in [0.5, 0.6) is 0 Å². The molecule has 1 fully saturated rings. The molecule has 128 valence electrons. The summed E-state index contributed by atoms with van der Waals surface area (Å²) < 4.78 is 13.7. The minimum absolute atomic E-state index is 0.113. The number of hydrogen-bond acceptors (Lipinski definition) is 6. The first-order valence-electron chi connectivity index (χ1n) is 7.96. The van der Waals surface area contributed by atoms with Gasteiger partial charge >= 0.3 is 0 Å². The van der Waals surface area contributed by atoms with Crippen molar-refractivity contribution in [1.82, 2.24) is 19.9 Å². The Morgan fingerprint density at radius 1 is 1.29 bits per heavy atom. The molecule has 0 saturated carbocycles. The third-order valence-electron chi connectivity index (χ3n) is 4.21. The van der Waals surface area contributed by atoms with Gasteiger partial charge in [0.15, 0.2) is 11.6 Å². The highest BCUT2D eigenvalue weighted by Gasteiger charge is 2.24. The van der Waals surface area contributed by atoms with Crippen LogP contribution in [0.25, 0.3) is 0 Å². The van der Waals surface area contributed by atoms with Gasteiger partial charge in [-0.3, -0.25) is 4.79 Å². The summed E-state index contributed by atoms with van der Waals surface area (Å²) in [5, 5.41) is 0. The molecule has 0 spiro atoms. The van der Waals surface area contributed by atoms with E-state index in [-0.39, 0.29) is 17.3 Å². The molecule has 8 heteroatoms. The number of aromatic amines is 1. The van der Waals surface area contributed by atoms with Gasteiger partial charge in [-0.25, -0.2) is 14.4 Å². The van der Waals surface area contributed by atoms with Crippen LogP contribution in [0.2, 0.25) is 0 Å². The number of H-pyrrole nitrogens is 1. The molecule has 1 aliphatic rings. The average molecular weight is 332 g/mol. The van der Waals surface area contributed by atoms with Gasteiger partial charge in [0.2, 0.25) is 5.95 Å². The smallest absolute Gasteiger partial charge is 0.251 e. The van der Waals surface area contributed by atoms with E-state index in [2.05, 4.69) is 19.9 Å². The van der Waals surface area contributed by atoms with Gasteiger partial charge in [-0.1, -0.05) is 0 Å². The van der Waals surface area contributed by atoms with Crippen molar-refractivity contribution in [3.05, 3.63) is 40.0 Å². The first-order chi connectivity index (χ1) is 11.4. The Kier molecular flexibility index (Phi) is 4.46. The van der Waals surface area contributed by atoms with Crippen LogP contribution in [0.1, 0.15) is 30.3 Å². The van der Waals surface area contributed by atoms with Crippen molar-refractivity contribution in [2.45, 2.75) is 25.7 Å². The maximum atomic E-state index is 13.7. The maximum Gasteiger partial charge on any atom is 0.251 e. The number of aryl methyl sites for hydroxylation is 1. The molecular weight excluding hydrogens is 311 g/mol. The van der Waals surface area contributed by atoms with Crippen LogP contribution in [0.4, 0.5) is 16.2 Å². The number of aromatic nitrogens is 4. The molecule has 1 N–H and O–H groups in total. The molecule has 3 rings (SSSR count). The average Bonchev–Trinajstić information content (AvgIpc) is 2.54. The highest BCUT2D eigenvalue weighted by Crippen LogP contribution is 2.28. The summed E-state index contributed by atoms with van der Waals surface area (Å²) in [5.74, 6) is 1.28. The molecule has 3 heterocycles. The van der Waals surface area contributed by atoms with Crippen molar-refractivity contribution in [3.63, 3.8) is 0 Å². The van der Waals surface area contributed by atoms with Crippen molar-refractivity contribution in [1.29, 1.82) is 0 Å². The fourth-order valence-corrected chi connectivity index (χ4v) is 3.00. The van der Waals surface area contributed by atoms with Crippen molar-refractivity contribution in [2.75, 3.05) is 37.0 Å². The van der Waals surface area contributed by atoms with Crippen LogP contribution in [0.3, 0.4) is 0 Å². The number of rotatable bonds is 3. The summed E-state index contributed by atoms with van der Waals surface area (Å²) in [5.41, 5.74) is 0.724. The number of hydrogen-bond donors (Lipinski definition) is 1. The zero-order chi connectivity index (χ0) is 17.3. The monoisotopic (exact) mass is 332 g/mol. The highest BCUT2D eigenvalue weighted by atomic mass is 19.1. The molecule has 2 aromatic heterocycles. The number of anilines is 2. The van der Waals surface area contributed by atoms with Crippen molar-refractivity contribution in [3.8, 4) is 0 Å². The Bertz CT molecular complexity index is 782. The predicted octanol–water partition coefficient (Wildman–Crippen LogP) is 1.46. The van der Waals surface area contributed by atoms with E-state index in [4.69, 9.17) is 0 Å².